The fourth-order valence-electron chi connectivity index (χ4n) is 2.18. The third kappa shape index (κ3) is 3.25. The lowest BCUT2D eigenvalue weighted by Crippen LogP contribution is -2.27. The molecule has 0 aliphatic rings. The molecule has 8 nitrogen and oxygen atoms in total. The third-order valence-corrected chi connectivity index (χ3v) is 5.58. The highest BCUT2D eigenvalue weighted by molar-refractivity contribution is 7.89. The van der Waals surface area contributed by atoms with Gasteiger partial charge in [0.15, 0.2) is 0 Å². The zero-order chi connectivity index (χ0) is 17.4. The van der Waals surface area contributed by atoms with Crippen molar-refractivity contribution in [2.45, 2.75) is 32.2 Å². The summed E-state index contributed by atoms with van der Waals surface area (Å²) in [7, 11) is -2.46. The largest absolute Gasteiger partial charge is 0.361 e. The van der Waals surface area contributed by atoms with Gasteiger partial charge in [-0.2, -0.15) is 4.31 Å². The molecule has 0 N–H and O–H groups in total. The maximum absolute atomic E-state index is 12.7. The minimum absolute atomic E-state index is 0.0750. The van der Waals surface area contributed by atoms with Gasteiger partial charge in [0.25, 0.3) is 5.69 Å². The average molecular weight is 339 g/mol. The normalized spacial score (nSPS) is 11.9. The molecule has 1 heterocycles. The predicted octanol–water partition coefficient (Wildman–Crippen LogP) is 2.33. The average Bonchev–Trinajstić information content (AvgIpc) is 2.79. The lowest BCUT2D eigenvalue weighted by Gasteiger charge is -2.18. The van der Waals surface area contributed by atoms with Crippen LogP contribution in [0.3, 0.4) is 0 Å². The molecule has 0 amide bonds. The van der Waals surface area contributed by atoms with Crippen molar-refractivity contribution in [3.8, 4) is 0 Å². The van der Waals surface area contributed by atoms with Crippen LogP contribution in [0.1, 0.15) is 22.6 Å². The van der Waals surface area contributed by atoms with Crippen LogP contribution in [0.5, 0.6) is 0 Å². The summed E-state index contributed by atoms with van der Waals surface area (Å²) in [6.45, 7) is 5.10. The van der Waals surface area contributed by atoms with Crippen molar-refractivity contribution < 1.29 is 17.9 Å². The number of sulfonamides is 1. The monoisotopic (exact) mass is 339 g/mol. The van der Waals surface area contributed by atoms with E-state index < -0.39 is 14.9 Å². The maximum atomic E-state index is 12.7. The van der Waals surface area contributed by atoms with E-state index in [1.165, 1.54) is 19.2 Å². The number of nitro benzene ring substituents is 1. The van der Waals surface area contributed by atoms with Crippen molar-refractivity contribution in [3.05, 3.63) is 50.9 Å². The Morgan fingerprint density at radius 3 is 2.48 bits per heavy atom. The van der Waals surface area contributed by atoms with Gasteiger partial charge in [0.05, 0.1) is 15.5 Å². The molecule has 0 saturated heterocycles. The molecule has 9 heteroatoms. The topological polar surface area (TPSA) is 107 Å². The first-order valence-corrected chi connectivity index (χ1v) is 8.21. The minimum atomic E-state index is -3.88. The lowest BCUT2D eigenvalue weighted by atomic mass is 10.2. The number of aromatic nitrogens is 1. The lowest BCUT2D eigenvalue weighted by molar-refractivity contribution is -0.385. The highest BCUT2D eigenvalue weighted by Crippen LogP contribution is 2.26. The Kier molecular flexibility index (Phi) is 4.53. The molecule has 0 spiro atoms. The zero-order valence-electron chi connectivity index (χ0n) is 13.2. The van der Waals surface area contributed by atoms with Crippen molar-refractivity contribution in [1.82, 2.24) is 9.46 Å². The second kappa shape index (κ2) is 6.09. The standard InChI is InChI=1S/C14H17N3O5S/c1-9-5-6-12(17(18)19)7-14(9)23(20,21)16(4)8-13-10(2)15-22-11(13)3/h5-7H,8H2,1-4H3. The van der Waals surface area contributed by atoms with Gasteiger partial charge < -0.3 is 4.52 Å². The van der Waals surface area contributed by atoms with Crippen LogP contribution in [0.15, 0.2) is 27.6 Å². The zero-order valence-corrected chi connectivity index (χ0v) is 14.0. The molecule has 0 aliphatic heterocycles. The van der Waals surface area contributed by atoms with Gasteiger partial charge >= 0.3 is 0 Å². The molecule has 0 bridgehead atoms. The Balaban J connectivity index is 2.42. The molecule has 124 valence electrons. The van der Waals surface area contributed by atoms with Crippen molar-refractivity contribution in [2.24, 2.45) is 0 Å². The van der Waals surface area contributed by atoms with E-state index in [1.807, 2.05) is 0 Å². The van der Waals surface area contributed by atoms with Gasteiger partial charge in [0.1, 0.15) is 5.76 Å². The van der Waals surface area contributed by atoms with Gasteiger partial charge in [-0.05, 0) is 26.3 Å². The molecule has 0 fully saturated rings. The molecule has 0 radical (unpaired) electrons. The number of rotatable bonds is 5. The highest BCUT2D eigenvalue weighted by atomic mass is 32.2. The summed E-state index contributed by atoms with van der Waals surface area (Å²) in [6, 6.07) is 3.78. The number of nitro groups is 1. The second-order valence-electron chi connectivity index (χ2n) is 5.27. The van der Waals surface area contributed by atoms with Gasteiger partial charge in [0, 0.05) is 31.3 Å². The number of non-ortho nitro benzene ring substituents is 1. The van der Waals surface area contributed by atoms with E-state index in [0.29, 0.717) is 22.6 Å². The van der Waals surface area contributed by atoms with Gasteiger partial charge in [-0.25, -0.2) is 8.42 Å². The van der Waals surface area contributed by atoms with Gasteiger partial charge in [0.2, 0.25) is 10.0 Å². The van der Waals surface area contributed by atoms with E-state index in [-0.39, 0.29) is 17.1 Å². The van der Waals surface area contributed by atoms with E-state index in [1.54, 1.807) is 20.8 Å². The molecular formula is C14H17N3O5S. The molecule has 0 aliphatic carbocycles. The van der Waals surface area contributed by atoms with Crippen LogP contribution in [0.2, 0.25) is 0 Å². The second-order valence-corrected chi connectivity index (χ2v) is 7.28. The molecule has 23 heavy (non-hydrogen) atoms. The Labute approximate surface area is 133 Å². The van der Waals surface area contributed by atoms with Crippen molar-refractivity contribution in [2.75, 3.05) is 7.05 Å². The summed E-state index contributed by atoms with van der Waals surface area (Å²) < 4.78 is 31.6. The molecule has 1 aromatic heterocycles. The third-order valence-electron chi connectivity index (χ3n) is 3.63. The number of aryl methyl sites for hydroxylation is 3. The molecule has 2 aromatic rings. The van der Waals surface area contributed by atoms with Crippen molar-refractivity contribution in [3.63, 3.8) is 0 Å². The predicted molar refractivity (Wildman–Crippen MR) is 82.5 cm³/mol. The van der Waals surface area contributed by atoms with Crippen molar-refractivity contribution >= 4 is 15.7 Å². The number of hydrogen-bond donors (Lipinski definition) is 0. The van der Waals surface area contributed by atoms with Gasteiger partial charge in [-0.1, -0.05) is 11.2 Å². The van der Waals surface area contributed by atoms with E-state index in [0.717, 1.165) is 10.4 Å². The van der Waals surface area contributed by atoms with Crippen LogP contribution >= 0.6 is 0 Å². The van der Waals surface area contributed by atoms with Crippen LogP contribution in [-0.4, -0.2) is 29.9 Å². The molecule has 0 unspecified atom stereocenters. The summed E-state index contributed by atoms with van der Waals surface area (Å²) in [4.78, 5) is 10.2. The Morgan fingerprint density at radius 1 is 1.30 bits per heavy atom. The van der Waals surface area contributed by atoms with Crippen LogP contribution in [0.25, 0.3) is 0 Å². The smallest absolute Gasteiger partial charge is 0.270 e. The van der Waals surface area contributed by atoms with Gasteiger partial charge in [-0.15, -0.1) is 0 Å². The molecular weight excluding hydrogens is 322 g/mol. The van der Waals surface area contributed by atoms with Crippen LogP contribution in [0.4, 0.5) is 5.69 Å². The van der Waals surface area contributed by atoms with Crippen LogP contribution in [0, 0.1) is 30.9 Å². The van der Waals surface area contributed by atoms with Gasteiger partial charge in [-0.3, -0.25) is 10.1 Å². The summed E-state index contributed by atoms with van der Waals surface area (Å²) in [6.07, 6.45) is 0. The minimum Gasteiger partial charge on any atom is -0.361 e. The number of benzene rings is 1. The summed E-state index contributed by atoms with van der Waals surface area (Å²) >= 11 is 0. The fraction of sp³-hybridized carbons (Fsp3) is 0.357. The molecule has 2 rings (SSSR count). The first-order valence-electron chi connectivity index (χ1n) is 6.77. The van der Waals surface area contributed by atoms with Crippen LogP contribution in [-0.2, 0) is 16.6 Å². The summed E-state index contributed by atoms with van der Waals surface area (Å²) in [5, 5.41) is 14.7. The fourth-order valence-corrected chi connectivity index (χ4v) is 3.56. The molecule has 1 aromatic carbocycles. The van der Waals surface area contributed by atoms with E-state index in [9.17, 15) is 18.5 Å². The van der Waals surface area contributed by atoms with E-state index in [2.05, 4.69) is 5.16 Å². The first-order chi connectivity index (χ1) is 10.6. The van der Waals surface area contributed by atoms with E-state index in [4.69, 9.17) is 4.52 Å². The van der Waals surface area contributed by atoms with Crippen molar-refractivity contribution in [1.29, 1.82) is 0 Å². The highest BCUT2D eigenvalue weighted by Gasteiger charge is 2.26. The SMILES string of the molecule is Cc1ccc([N+](=O)[O-])cc1S(=O)(=O)N(C)Cc1c(C)noc1C. The quantitative estimate of drug-likeness (QED) is 0.611. The van der Waals surface area contributed by atoms with E-state index >= 15 is 0 Å². The molecule has 0 saturated carbocycles. The Bertz CT molecular complexity index is 838. The van der Waals surface area contributed by atoms with Crippen LogP contribution < -0.4 is 0 Å². The Morgan fingerprint density at radius 2 is 1.96 bits per heavy atom. The number of hydrogen-bond acceptors (Lipinski definition) is 6. The first kappa shape index (κ1) is 17.1. The molecule has 0 atom stereocenters. The number of nitrogens with zero attached hydrogens (tertiary/aromatic N) is 3. The maximum Gasteiger partial charge on any atom is 0.270 e. The summed E-state index contributed by atoms with van der Waals surface area (Å²) in [5.74, 6) is 0.542. The summed E-state index contributed by atoms with van der Waals surface area (Å²) in [5.41, 5.74) is 1.47. The Hall–Kier alpha value is -2.26.